The Kier molecular flexibility index (Phi) is 2.83. The minimum Gasteiger partial charge on any atom is -0.411 e. The summed E-state index contributed by atoms with van der Waals surface area (Å²) >= 11 is 0. The van der Waals surface area contributed by atoms with Gasteiger partial charge in [-0.3, -0.25) is 0 Å². The van der Waals surface area contributed by atoms with Crippen LogP contribution in [0.5, 0.6) is 0 Å². The Balaban J connectivity index is 1.65. The van der Waals surface area contributed by atoms with Crippen LogP contribution in [-0.4, -0.2) is 48.3 Å². The van der Waals surface area contributed by atoms with Crippen molar-refractivity contribution in [3.05, 3.63) is 0 Å². The zero-order valence-electron chi connectivity index (χ0n) is 9.43. The first-order valence-corrected chi connectivity index (χ1v) is 6.19. The highest BCUT2D eigenvalue weighted by atomic mass is 16.5. The van der Waals surface area contributed by atoms with Crippen LogP contribution in [0.25, 0.3) is 0 Å². The highest BCUT2D eigenvalue weighted by Crippen LogP contribution is 2.42. The van der Waals surface area contributed by atoms with E-state index in [1.807, 2.05) is 0 Å². The summed E-state index contributed by atoms with van der Waals surface area (Å²) < 4.78 is 5.32. The zero-order chi connectivity index (χ0) is 11.0. The van der Waals surface area contributed by atoms with E-state index in [9.17, 15) is 0 Å². The second kappa shape index (κ2) is 4.31. The Morgan fingerprint density at radius 2 is 2.12 bits per heavy atom. The van der Waals surface area contributed by atoms with Crippen molar-refractivity contribution in [2.24, 2.45) is 17.0 Å². The third-order valence-corrected chi connectivity index (χ3v) is 4.13. The third kappa shape index (κ3) is 1.73. The van der Waals surface area contributed by atoms with E-state index in [0.29, 0.717) is 11.8 Å². The molecule has 3 fully saturated rings. The van der Waals surface area contributed by atoms with E-state index in [1.54, 1.807) is 0 Å². The number of fused-ring (bicyclic) bond motifs is 2. The van der Waals surface area contributed by atoms with E-state index in [2.05, 4.69) is 15.6 Å². The van der Waals surface area contributed by atoms with Gasteiger partial charge in [0.05, 0.1) is 25.0 Å². The van der Waals surface area contributed by atoms with Gasteiger partial charge in [-0.25, -0.2) is 10.4 Å². The normalized spacial score (nSPS) is 42.0. The molecule has 5 heteroatoms. The first-order valence-electron chi connectivity index (χ1n) is 6.19. The van der Waals surface area contributed by atoms with E-state index < -0.39 is 0 Å². The molecule has 5 nitrogen and oxygen atoms in total. The van der Waals surface area contributed by atoms with Crippen molar-refractivity contribution in [2.45, 2.75) is 25.3 Å². The number of nitrogens with one attached hydrogen (secondary N) is 1. The number of oxime groups is 1. The van der Waals surface area contributed by atoms with Gasteiger partial charge in [0, 0.05) is 19.0 Å². The summed E-state index contributed by atoms with van der Waals surface area (Å²) in [6.07, 6.45) is 3.67. The van der Waals surface area contributed by atoms with Gasteiger partial charge < -0.3 is 9.94 Å². The number of morpholine rings is 1. The van der Waals surface area contributed by atoms with Crippen LogP contribution in [0.2, 0.25) is 0 Å². The molecular weight excluding hydrogens is 206 g/mol. The highest BCUT2D eigenvalue weighted by Gasteiger charge is 2.46. The van der Waals surface area contributed by atoms with Gasteiger partial charge in [-0.2, -0.15) is 0 Å². The SMILES string of the molecule is O/N=C1\[C@H]2CC[C@@H](C2)[C@@H]1NN1CCOCC1. The summed E-state index contributed by atoms with van der Waals surface area (Å²) in [6.45, 7) is 3.43. The second-order valence-electron chi connectivity index (χ2n) is 5.00. The smallest absolute Gasteiger partial charge is 0.0787 e. The molecule has 0 aromatic rings. The Morgan fingerprint density at radius 3 is 2.88 bits per heavy atom. The predicted octanol–water partition coefficient (Wildman–Crippen LogP) is 0.452. The average molecular weight is 225 g/mol. The number of rotatable bonds is 2. The molecule has 0 radical (unpaired) electrons. The third-order valence-electron chi connectivity index (χ3n) is 4.13. The molecule has 16 heavy (non-hydrogen) atoms. The number of hydrogen-bond acceptors (Lipinski definition) is 5. The second-order valence-corrected chi connectivity index (χ2v) is 5.00. The maximum absolute atomic E-state index is 9.09. The quantitative estimate of drug-likeness (QED) is 0.529. The van der Waals surface area contributed by atoms with Crippen LogP contribution in [0.3, 0.4) is 0 Å². The van der Waals surface area contributed by atoms with Gasteiger partial charge in [-0.15, -0.1) is 0 Å². The van der Waals surface area contributed by atoms with Gasteiger partial charge in [0.2, 0.25) is 0 Å². The van der Waals surface area contributed by atoms with Gasteiger partial charge in [-0.05, 0) is 25.2 Å². The molecule has 3 rings (SSSR count). The van der Waals surface area contributed by atoms with E-state index in [0.717, 1.165) is 32.0 Å². The van der Waals surface area contributed by atoms with Crippen LogP contribution in [0, 0.1) is 11.8 Å². The number of ether oxygens (including phenoxy) is 1. The molecule has 0 spiro atoms. The Morgan fingerprint density at radius 1 is 1.31 bits per heavy atom. The van der Waals surface area contributed by atoms with Crippen molar-refractivity contribution in [1.82, 2.24) is 10.4 Å². The minimum atomic E-state index is 0.266. The lowest BCUT2D eigenvalue weighted by atomic mass is 9.94. The summed E-state index contributed by atoms with van der Waals surface area (Å²) in [5.41, 5.74) is 4.49. The molecule has 0 aromatic heterocycles. The van der Waals surface area contributed by atoms with Crippen LogP contribution < -0.4 is 5.43 Å². The Labute approximate surface area is 95.4 Å². The van der Waals surface area contributed by atoms with Crippen LogP contribution >= 0.6 is 0 Å². The number of hydrogen-bond donors (Lipinski definition) is 2. The fraction of sp³-hybridized carbons (Fsp3) is 0.909. The highest BCUT2D eigenvalue weighted by molar-refractivity contribution is 5.94. The fourth-order valence-corrected chi connectivity index (χ4v) is 3.29. The lowest BCUT2D eigenvalue weighted by Gasteiger charge is -2.33. The summed E-state index contributed by atoms with van der Waals surface area (Å²) in [5.74, 6) is 1.19. The maximum Gasteiger partial charge on any atom is 0.0787 e. The molecule has 2 bridgehead atoms. The molecule has 2 aliphatic carbocycles. The molecule has 0 unspecified atom stereocenters. The van der Waals surface area contributed by atoms with Crippen LogP contribution in [-0.2, 0) is 4.74 Å². The van der Waals surface area contributed by atoms with Crippen molar-refractivity contribution in [1.29, 1.82) is 0 Å². The van der Waals surface area contributed by atoms with Crippen LogP contribution in [0.1, 0.15) is 19.3 Å². The van der Waals surface area contributed by atoms with E-state index in [1.165, 1.54) is 19.3 Å². The fourth-order valence-electron chi connectivity index (χ4n) is 3.29. The first-order chi connectivity index (χ1) is 7.88. The predicted molar refractivity (Wildman–Crippen MR) is 59.4 cm³/mol. The maximum atomic E-state index is 9.09. The van der Waals surface area contributed by atoms with Gasteiger partial charge in [0.25, 0.3) is 0 Å². The van der Waals surface area contributed by atoms with Crippen LogP contribution in [0.4, 0.5) is 0 Å². The molecule has 0 amide bonds. The molecule has 1 aliphatic heterocycles. The molecular formula is C11H19N3O2. The molecule has 1 heterocycles. The zero-order valence-corrected chi connectivity index (χ0v) is 9.43. The molecule has 3 aliphatic rings. The molecule has 3 atom stereocenters. The van der Waals surface area contributed by atoms with Crippen molar-refractivity contribution in [2.75, 3.05) is 26.3 Å². The van der Waals surface area contributed by atoms with Crippen molar-refractivity contribution >= 4 is 5.71 Å². The van der Waals surface area contributed by atoms with Gasteiger partial charge in [-0.1, -0.05) is 5.16 Å². The monoisotopic (exact) mass is 225 g/mol. The van der Waals surface area contributed by atoms with Crippen LogP contribution in [0.15, 0.2) is 5.16 Å². The van der Waals surface area contributed by atoms with Gasteiger partial charge >= 0.3 is 0 Å². The molecule has 1 saturated heterocycles. The lowest BCUT2D eigenvalue weighted by molar-refractivity contribution is 0.00499. The molecule has 0 aromatic carbocycles. The number of nitrogens with zero attached hydrogens (tertiary/aromatic N) is 2. The summed E-state index contributed by atoms with van der Waals surface area (Å²) in [7, 11) is 0. The Bertz CT molecular complexity index is 289. The average Bonchev–Trinajstić information content (AvgIpc) is 2.91. The topological polar surface area (TPSA) is 57.1 Å². The first kappa shape index (κ1) is 10.5. The van der Waals surface area contributed by atoms with Crippen molar-refractivity contribution in [3.63, 3.8) is 0 Å². The summed E-state index contributed by atoms with van der Waals surface area (Å²) in [6, 6.07) is 0.266. The van der Waals surface area contributed by atoms with E-state index in [4.69, 9.17) is 9.94 Å². The van der Waals surface area contributed by atoms with Gasteiger partial charge in [0.1, 0.15) is 0 Å². The minimum absolute atomic E-state index is 0.266. The number of hydrazine groups is 1. The van der Waals surface area contributed by atoms with Crippen molar-refractivity contribution in [3.8, 4) is 0 Å². The molecule has 2 N–H and O–H groups in total. The standard InChI is InChI=1S/C11H19N3O2/c15-13-11-9-2-1-8(7-9)10(11)12-14-3-5-16-6-4-14/h8-10,12,15H,1-7H2/b13-11+/t8-,9-,10-/m0/s1. The lowest BCUT2D eigenvalue weighted by Crippen LogP contribution is -2.54. The molecule has 2 saturated carbocycles. The van der Waals surface area contributed by atoms with Gasteiger partial charge in [0.15, 0.2) is 0 Å². The summed E-state index contributed by atoms with van der Waals surface area (Å²) in [4.78, 5) is 0. The van der Waals surface area contributed by atoms with E-state index in [-0.39, 0.29) is 6.04 Å². The van der Waals surface area contributed by atoms with E-state index >= 15 is 0 Å². The Hall–Kier alpha value is -0.650. The largest absolute Gasteiger partial charge is 0.411 e. The molecule has 90 valence electrons. The summed E-state index contributed by atoms with van der Waals surface area (Å²) in [5, 5.41) is 14.8. The van der Waals surface area contributed by atoms with Crippen molar-refractivity contribution < 1.29 is 9.94 Å².